The molecule has 0 bridgehead atoms. The third-order valence-electron chi connectivity index (χ3n) is 2.30. The first-order valence-electron chi connectivity index (χ1n) is 5.20. The molecule has 1 rings (SSSR count). The van der Waals surface area contributed by atoms with Gasteiger partial charge in [-0.3, -0.25) is 4.79 Å². The van der Waals surface area contributed by atoms with Gasteiger partial charge >= 0.3 is 5.97 Å². The number of methoxy groups -OCH3 is 2. The van der Waals surface area contributed by atoms with Gasteiger partial charge in [-0.2, -0.15) is 0 Å². The summed E-state index contributed by atoms with van der Waals surface area (Å²) >= 11 is 0. The van der Waals surface area contributed by atoms with E-state index in [2.05, 4.69) is 5.32 Å². The molecule has 6 nitrogen and oxygen atoms in total. The van der Waals surface area contributed by atoms with Crippen LogP contribution in [0.1, 0.15) is 18.5 Å². The van der Waals surface area contributed by atoms with Crippen LogP contribution in [-0.4, -0.2) is 31.2 Å². The molecule has 0 saturated carbocycles. The maximum atomic E-state index is 11.1. The predicted molar refractivity (Wildman–Crippen MR) is 63.7 cm³/mol. The maximum absolute atomic E-state index is 11.1. The normalized spacial score (nSPS) is 11.5. The highest BCUT2D eigenvalue weighted by Crippen LogP contribution is 2.26. The number of carboxylic acids is 1. The summed E-state index contributed by atoms with van der Waals surface area (Å²) in [7, 11) is 2.93. The Labute approximate surface area is 105 Å². The third-order valence-corrected chi connectivity index (χ3v) is 2.30. The fourth-order valence-corrected chi connectivity index (χ4v) is 1.49. The molecule has 0 aromatic heterocycles. The van der Waals surface area contributed by atoms with Gasteiger partial charge in [0, 0.05) is 13.0 Å². The van der Waals surface area contributed by atoms with Crippen LogP contribution in [0.4, 0.5) is 0 Å². The summed E-state index contributed by atoms with van der Waals surface area (Å²) in [6.07, 6.45) is 0. The van der Waals surface area contributed by atoms with E-state index in [4.69, 9.17) is 14.6 Å². The van der Waals surface area contributed by atoms with E-state index < -0.39 is 17.9 Å². The molecule has 1 amide bonds. The summed E-state index contributed by atoms with van der Waals surface area (Å²) < 4.78 is 10.1. The zero-order valence-corrected chi connectivity index (χ0v) is 10.4. The Bertz CT molecular complexity index is 436. The van der Waals surface area contributed by atoms with E-state index in [1.54, 1.807) is 6.07 Å². The second-order valence-corrected chi connectivity index (χ2v) is 3.62. The Morgan fingerprint density at radius 2 is 1.67 bits per heavy atom. The van der Waals surface area contributed by atoms with Gasteiger partial charge in [0.25, 0.3) is 0 Å². The van der Waals surface area contributed by atoms with Crippen LogP contribution < -0.4 is 14.8 Å². The Morgan fingerprint density at radius 1 is 1.17 bits per heavy atom. The van der Waals surface area contributed by atoms with Crippen molar-refractivity contribution in [3.05, 3.63) is 23.8 Å². The predicted octanol–water partition coefficient (Wildman–Crippen LogP) is 0.966. The van der Waals surface area contributed by atoms with Gasteiger partial charge in [-0.1, -0.05) is 0 Å². The number of benzene rings is 1. The molecule has 2 N–H and O–H groups in total. The van der Waals surface area contributed by atoms with Gasteiger partial charge in [-0.25, -0.2) is 4.79 Å². The van der Waals surface area contributed by atoms with Crippen molar-refractivity contribution in [3.8, 4) is 11.5 Å². The van der Waals surface area contributed by atoms with Crippen molar-refractivity contribution < 1.29 is 24.2 Å². The van der Waals surface area contributed by atoms with Crippen LogP contribution in [0.2, 0.25) is 0 Å². The van der Waals surface area contributed by atoms with E-state index in [-0.39, 0.29) is 0 Å². The molecule has 1 aromatic rings. The summed E-state index contributed by atoms with van der Waals surface area (Å²) in [5.74, 6) is -0.661. The fourth-order valence-electron chi connectivity index (χ4n) is 1.49. The molecule has 6 heteroatoms. The molecule has 18 heavy (non-hydrogen) atoms. The number of carbonyl (C=O) groups is 2. The maximum Gasteiger partial charge on any atom is 0.330 e. The van der Waals surface area contributed by atoms with E-state index >= 15 is 0 Å². The van der Waals surface area contributed by atoms with Crippen LogP contribution in [0.25, 0.3) is 0 Å². The lowest BCUT2D eigenvalue weighted by Gasteiger charge is -2.15. The molecule has 1 atom stereocenters. The Balaban J connectivity index is 3.17. The van der Waals surface area contributed by atoms with Gasteiger partial charge in [0.05, 0.1) is 14.2 Å². The van der Waals surface area contributed by atoms with Gasteiger partial charge in [0.15, 0.2) is 6.04 Å². The minimum Gasteiger partial charge on any atom is -0.497 e. The minimum absolute atomic E-state index is 0.383. The highest BCUT2D eigenvalue weighted by atomic mass is 16.5. The summed E-state index contributed by atoms with van der Waals surface area (Å²) in [6, 6.07) is 3.57. The van der Waals surface area contributed by atoms with Crippen LogP contribution in [0.15, 0.2) is 18.2 Å². The Hall–Kier alpha value is -2.24. The van der Waals surface area contributed by atoms with Crippen molar-refractivity contribution in [2.45, 2.75) is 13.0 Å². The van der Waals surface area contributed by atoms with Gasteiger partial charge in [0.1, 0.15) is 11.5 Å². The standard InChI is InChI=1S/C12H15NO5/c1-7(14)13-11(12(15)16)8-4-9(17-2)6-10(5-8)18-3/h4-6,11H,1-3H3,(H,13,14)(H,15,16)/t11-/m1/s1. The zero-order valence-electron chi connectivity index (χ0n) is 10.4. The van der Waals surface area contributed by atoms with Crippen LogP contribution in [0, 0.1) is 0 Å². The molecule has 0 radical (unpaired) electrons. The van der Waals surface area contributed by atoms with Gasteiger partial charge in [-0.05, 0) is 17.7 Å². The molecule has 0 aliphatic heterocycles. The lowest BCUT2D eigenvalue weighted by Crippen LogP contribution is -2.32. The van der Waals surface area contributed by atoms with Crippen molar-refractivity contribution in [2.75, 3.05) is 14.2 Å². The smallest absolute Gasteiger partial charge is 0.330 e. The number of nitrogens with one attached hydrogen (secondary N) is 1. The molecule has 98 valence electrons. The highest BCUT2D eigenvalue weighted by molar-refractivity contribution is 5.83. The minimum atomic E-state index is -1.15. The van der Waals surface area contributed by atoms with Crippen molar-refractivity contribution in [3.63, 3.8) is 0 Å². The topological polar surface area (TPSA) is 84.9 Å². The molecule has 0 spiro atoms. The number of carboxylic acid groups (broad SMARTS) is 1. The molecular weight excluding hydrogens is 238 g/mol. The second-order valence-electron chi connectivity index (χ2n) is 3.62. The molecule has 0 saturated heterocycles. The van der Waals surface area contributed by atoms with Crippen molar-refractivity contribution >= 4 is 11.9 Å². The van der Waals surface area contributed by atoms with E-state index in [9.17, 15) is 9.59 Å². The summed E-state index contributed by atoms with van der Waals surface area (Å²) in [5, 5.41) is 11.5. The second kappa shape index (κ2) is 5.90. The van der Waals surface area contributed by atoms with Gasteiger partial charge in [0.2, 0.25) is 5.91 Å². The lowest BCUT2D eigenvalue weighted by atomic mass is 10.1. The molecule has 0 heterocycles. The van der Waals surface area contributed by atoms with E-state index in [0.717, 1.165) is 0 Å². The zero-order chi connectivity index (χ0) is 13.7. The SMILES string of the molecule is COc1cc(OC)cc([C@@H](NC(C)=O)C(=O)O)c1. The van der Waals surface area contributed by atoms with Crippen LogP contribution in [0.3, 0.4) is 0 Å². The summed E-state index contributed by atoms with van der Waals surface area (Å²) in [4.78, 5) is 22.1. The van der Waals surface area contributed by atoms with E-state index in [1.165, 1.54) is 33.3 Å². The average Bonchev–Trinajstić information content (AvgIpc) is 2.34. The average molecular weight is 253 g/mol. The van der Waals surface area contributed by atoms with Crippen LogP contribution >= 0.6 is 0 Å². The molecule has 0 aliphatic rings. The lowest BCUT2D eigenvalue weighted by molar-refractivity contribution is -0.141. The number of ether oxygens (including phenoxy) is 2. The molecule has 0 fully saturated rings. The van der Waals surface area contributed by atoms with E-state index in [1.807, 2.05) is 0 Å². The number of hydrogen-bond donors (Lipinski definition) is 2. The first-order valence-corrected chi connectivity index (χ1v) is 5.20. The first-order chi connectivity index (χ1) is 8.47. The molecular formula is C12H15NO5. The number of carbonyl (C=O) groups excluding carboxylic acids is 1. The fraction of sp³-hybridized carbons (Fsp3) is 0.333. The first kappa shape index (κ1) is 13.8. The Morgan fingerprint density at radius 3 is 2.00 bits per heavy atom. The monoisotopic (exact) mass is 253 g/mol. The summed E-state index contributed by atoms with van der Waals surface area (Å²) in [6.45, 7) is 1.26. The van der Waals surface area contributed by atoms with Crippen molar-refractivity contribution in [1.29, 1.82) is 0 Å². The van der Waals surface area contributed by atoms with E-state index in [0.29, 0.717) is 17.1 Å². The van der Waals surface area contributed by atoms with Crippen molar-refractivity contribution in [2.24, 2.45) is 0 Å². The third kappa shape index (κ3) is 3.38. The largest absolute Gasteiger partial charge is 0.497 e. The number of amides is 1. The summed E-state index contributed by atoms with van der Waals surface area (Å²) in [5.41, 5.74) is 0.383. The Kier molecular flexibility index (Phi) is 4.53. The van der Waals surface area contributed by atoms with Crippen LogP contribution in [-0.2, 0) is 9.59 Å². The highest BCUT2D eigenvalue weighted by Gasteiger charge is 2.22. The van der Waals surface area contributed by atoms with Crippen LogP contribution in [0.5, 0.6) is 11.5 Å². The van der Waals surface area contributed by atoms with Crippen molar-refractivity contribution in [1.82, 2.24) is 5.32 Å². The molecule has 0 unspecified atom stereocenters. The number of hydrogen-bond acceptors (Lipinski definition) is 4. The number of aliphatic carboxylic acids is 1. The molecule has 1 aromatic carbocycles. The quantitative estimate of drug-likeness (QED) is 0.816. The van der Waals surface area contributed by atoms with Gasteiger partial charge in [-0.15, -0.1) is 0 Å². The van der Waals surface area contributed by atoms with Gasteiger partial charge < -0.3 is 19.9 Å². The molecule has 0 aliphatic carbocycles. The number of rotatable bonds is 5.